The molecule has 0 aliphatic carbocycles. The highest BCUT2D eigenvalue weighted by atomic mass is 16.5. The van der Waals surface area contributed by atoms with Gasteiger partial charge in [0.05, 0.1) is 6.54 Å². The van der Waals surface area contributed by atoms with E-state index in [1.165, 1.54) is 4.90 Å². The van der Waals surface area contributed by atoms with Gasteiger partial charge in [0.2, 0.25) is 6.41 Å². The van der Waals surface area contributed by atoms with Crippen LogP contribution in [0, 0.1) is 0 Å². The van der Waals surface area contributed by atoms with Gasteiger partial charge in [0.1, 0.15) is 17.0 Å². The molecule has 0 radical (unpaired) electrons. The van der Waals surface area contributed by atoms with Crippen LogP contribution in [0.3, 0.4) is 0 Å². The molecule has 0 N–H and O–H groups in total. The van der Waals surface area contributed by atoms with Gasteiger partial charge in [-0.15, -0.1) is 0 Å². The molecular formula is C29H36N2O3. The summed E-state index contributed by atoms with van der Waals surface area (Å²) in [5.74, 6) is 1.14. The summed E-state index contributed by atoms with van der Waals surface area (Å²) in [5.41, 5.74) is 2.43. The molecule has 180 valence electrons. The zero-order valence-electron chi connectivity index (χ0n) is 21.2. The van der Waals surface area contributed by atoms with Crippen molar-refractivity contribution >= 4 is 12.3 Å². The van der Waals surface area contributed by atoms with E-state index in [4.69, 9.17) is 4.74 Å². The van der Waals surface area contributed by atoms with Gasteiger partial charge in [-0.25, -0.2) is 0 Å². The van der Waals surface area contributed by atoms with Crippen LogP contribution in [-0.4, -0.2) is 34.7 Å². The van der Waals surface area contributed by atoms with Crippen LogP contribution in [0.5, 0.6) is 11.5 Å². The summed E-state index contributed by atoms with van der Waals surface area (Å²) in [6, 6.07) is 17.0. The lowest BCUT2D eigenvalue weighted by atomic mass is 9.99. The molecule has 0 fully saturated rings. The van der Waals surface area contributed by atoms with Gasteiger partial charge in [0.15, 0.2) is 0 Å². The number of benzene rings is 2. The summed E-state index contributed by atoms with van der Waals surface area (Å²) in [6.07, 6.45) is 5.45. The van der Waals surface area contributed by atoms with E-state index in [0.717, 1.165) is 35.2 Å². The molecule has 0 aromatic heterocycles. The highest BCUT2D eigenvalue weighted by Crippen LogP contribution is 2.29. The van der Waals surface area contributed by atoms with Crippen molar-refractivity contribution in [1.29, 1.82) is 0 Å². The molecular weight excluding hydrogens is 424 g/mol. The van der Waals surface area contributed by atoms with E-state index < -0.39 is 5.54 Å². The van der Waals surface area contributed by atoms with Crippen LogP contribution in [0.2, 0.25) is 0 Å². The average molecular weight is 461 g/mol. The van der Waals surface area contributed by atoms with Gasteiger partial charge in [-0.1, -0.05) is 61.0 Å². The Kier molecular flexibility index (Phi) is 9.43. The maximum absolute atomic E-state index is 13.6. The Morgan fingerprint density at radius 1 is 1.03 bits per heavy atom. The maximum Gasteiger partial charge on any atom is 0.252 e. The maximum atomic E-state index is 13.6. The molecule has 0 bridgehead atoms. The summed E-state index contributed by atoms with van der Waals surface area (Å²) < 4.78 is 6.05. The predicted octanol–water partition coefficient (Wildman–Crippen LogP) is 6.49. The van der Waals surface area contributed by atoms with Crippen LogP contribution in [-0.2, 0) is 16.1 Å². The van der Waals surface area contributed by atoms with Crippen molar-refractivity contribution in [2.75, 3.05) is 7.05 Å². The number of amides is 2. The Labute approximate surface area is 204 Å². The van der Waals surface area contributed by atoms with E-state index in [-0.39, 0.29) is 12.5 Å². The number of carbonyl (C=O) groups excluding carboxylic acids is 2. The largest absolute Gasteiger partial charge is 0.457 e. The van der Waals surface area contributed by atoms with E-state index in [0.29, 0.717) is 11.5 Å². The number of allylic oxidation sites excluding steroid dienone is 4. The highest BCUT2D eigenvalue weighted by molar-refractivity contribution is 5.89. The molecule has 0 heterocycles. The van der Waals surface area contributed by atoms with Crippen molar-refractivity contribution in [2.24, 2.45) is 0 Å². The third-order valence-electron chi connectivity index (χ3n) is 5.69. The Hall–Kier alpha value is -3.60. The van der Waals surface area contributed by atoms with Crippen LogP contribution >= 0.6 is 0 Å². The molecule has 2 aromatic rings. The van der Waals surface area contributed by atoms with Gasteiger partial charge in [0.25, 0.3) is 5.91 Å². The average Bonchev–Trinajstić information content (AvgIpc) is 2.82. The summed E-state index contributed by atoms with van der Waals surface area (Å²) in [6.45, 7) is 13.7. The minimum Gasteiger partial charge on any atom is -0.457 e. The molecule has 34 heavy (non-hydrogen) atoms. The van der Waals surface area contributed by atoms with Gasteiger partial charge < -0.3 is 14.5 Å². The summed E-state index contributed by atoms with van der Waals surface area (Å²) in [4.78, 5) is 28.9. The van der Waals surface area contributed by atoms with Crippen LogP contribution in [0.15, 0.2) is 90.2 Å². The van der Waals surface area contributed by atoms with Crippen molar-refractivity contribution < 1.29 is 14.3 Å². The second kappa shape index (κ2) is 12.0. The first-order chi connectivity index (χ1) is 16.1. The molecule has 5 heteroatoms. The number of hydrogen-bond acceptors (Lipinski definition) is 3. The molecule has 2 aromatic carbocycles. The molecule has 5 nitrogen and oxygen atoms in total. The van der Waals surface area contributed by atoms with Gasteiger partial charge in [-0.3, -0.25) is 9.59 Å². The molecule has 2 amide bonds. The molecule has 2 rings (SSSR count). The number of rotatable bonds is 11. The number of nitrogens with zero attached hydrogens (tertiary/aromatic N) is 2. The quantitative estimate of drug-likeness (QED) is 0.284. The fourth-order valence-corrected chi connectivity index (χ4v) is 3.39. The smallest absolute Gasteiger partial charge is 0.252 e. The minimum absolute atomic E-state index is 0.200. The summed E-state index contributed by atoms with van der Waals surface area (Å²) in [7, 11) is 1.73. The van der Waals surface area contributed by atoms with E-state index in [9.17, 15) is 9.59 Å². The topological polar surface area (TPSA) is 49.9 Å². The molecule has 0 aliphatic heterocycles. The zero-order valence-corrected chi connectivity index (χ0v) is 21.2. The van der Waals surface area contributed by atoms with Crippen molar-refractivity contribution in [3.8, 4) is 11.5 Å². The summed E-state index contributed by atoms with van der Waals surface area (Å²) >= 11 is 0. The second-order valence-electron chi connectivity index (χ2n) is 8.94. The fourth-order valence-electron chi connectivity index (χ4n) is 3.39. The van der Waals surface area contributed by atoms with Gasteiger partial charge in [0, 0.05) is 18.3 Å². The Bertz CT molecular complexity index is 1070. The van der Waals surface area contributed by atoms with Crippen molar-refractivity contribution in [3.05, 3.63) is 95.7 Å². The van der Waals surface area contributed by atoms with Crippen LogP contribution < -0.4 is 4.74 Å². The number of likely N-dealkylation sites (N-methyl/N-ethyl adjacent to an activating group) is 1. The van der Waals surface area contributed by atoms with E-state index >= 15 is 0 Å². The molecule has 0 spiro atoms. The fraction of sp³-hybridized carbons (Fsp3) is 0.310. The highest BCUT2D eigenvalue weighted by Gasteiger charge is 2.37. The monoisotopic (exact) mass is 460 g/mol. The number of carbonyl (C=O) groups is 2. The first kappa shape index (κ1) is 26.7. The molecule has 0 saturated heterocycles. The first-order valence-electron chi connectivity index (χ1n) is 11.5. The normalized spacial score (nSPS) is 12.2. The van der Waals surface area contributed by atoms with Crippen LogP contribution in [0.25, 0.3) is 0 Å². The lowest BCUT2D eigenvalue weighted by Gasteiger charge is -2.38. The SMILES string of the molecule is C=C(C)/C=C(\C=C(\C)CC)N(C)C(=O)C(C)(C)N(C=O)Cc1ccccc1Oc1ccccc1. The second-order valence-corrected chi connectivity index (χ2v) is 8.94. The standard InChI is InChI=1S/C29H36N2O3/c1-8-23(4)19-25(18-22(2)3)30(7)28(33)29(5,6)31(21-32)20-24-14-12-13-17-27(24)34-26-15-10-9-11-16-26/h9-19,21H,2,8,20H2,1,3-7H3/b23-19-,25-18+. The van der Waals surface area contributed by atoms with Gasteiger partial charge in [-0.2, -0.15) is 0 Å². The van der Waals surface area contributed by atoms with Gasteiger partial charge >= 0.3 is 0 Å². The third-order valence-corrected chi connectivity index (χ3v) is 5.69. The van der Waals surface area contributed by atoms with Crippen LogP contribution in [0.4, 0.5) is 0 Å². The number of hydrogen-bond donors (Lipinski definition) is 0. The Morgan fingerprint density at radius 2 is 1.65 bits per heavy atom. The first-order valence-corrected chi connectivity index (χ1v) is 11.5. The predicted molar refractivity (Wildman–Crippen MR) is 138 cm³/mol. The summed E-state index contributed by atoms with van der Waals surface area (Å²) in [5, 5.41) is 0. The zero-order chi connectivity index (χ0) is 25.3. The molecule has 0 aliphatic rings. The Morgan fingerprint density at radius 3 is 2.24 bits per heavy atom. The number of para-hydroxylation sites is 2. The minimum atomic E-state index is -1.10. The molecule has 0 saturated carbocycles. The van der Waals surface area contributed by atoms with Gasteiger partial charge in [-0.05, 0) is 64.5 Å². The third kappa shape index (κ3) is 6.95. The van der Waals surface area contributed by atoms with E-state index in [1.54, 1.807) is 25.8 Å². The molecule has 0 atom stereocenters. The van der Waals surface area contributed by atoms with E-state index in [1.807, 2.05) is 80.6 Å². The van der Waals surface area contributed by atoms with Crippen molar-refractivity contribution in [2.45, 2.75) is 53.1 Å². The van der Waals surface area contributed by atoms with Crippen molar-refractivity contribution in [3.63, 3.8) is 0 Å². The van der Waals surface area contributed by atoms with Crippen LogP contribution in [0.1, 0.15) is 46.6 Å². The lowest BCUT2D eigenvalue weighted by Crippen LogP contribution is -2.54. The Balaban J connectivity index is 2.33. The lowest BCUT2D eigenvalue weighted by molar-refractivity contribution is -0.144. The van der Waals surface area contributed by atoms with E-state index in [2.05, 4.69) is 13.5 Å². The molecule has 0 unspecified atom stereocenters. The number of ether oxygens (including phenoxy) is 1. The van der Waals surface area contributed by atoms with Crippen molar-refractivity contribution in [1.82, 2.24) is 9.80 Å².